The van der Waals surface area contributed by atoms with Gasteiger partial charge in [-0.15, -0.1) is 11.8 Å². The summed E-state index contributed by atoms with van der Waals surface area (Å²) >= 11 is 1.25. The number of rotatable bonds is 7. The molecule has 6 rings (SSSR count). The first-order chi connectivity index (χ1) is 22.3. The van der Waals surface area contributed by atoms with E-state index in [1.165, 1.54) is 16.7 Å². The van der Waals surface area contributed by atoms with E-state index in [-0.39, 0.29) is 23.5 Å². The number of esters is 1. The van der Waals surface area contributed by atoms with Crippen molar-refractivity contribution in [3.63, 3.8) is 0 Å². The first-order valence-electron chi connectivity index (χ1n) is 15.5. The molecule has 2 aromatic carbocycles. The number of likely N-dealkylation sites (tertiary alicyclic amines) is 1. The second kappa shape index (κ2) is 12.8. The smallest absolute Gasteiger partial charge is 0.408 e. The lowest BCUT2D eigenvalue weighted by molar-refractivity contribution is -0.164. The van der Waals surface area contributed by atoms with Crippen molar-refractivity contribution in [2.24, 2.45) is 0 Å². The van der Waals surface area contributed by atoms with Gasteiger partial charge in [0.1, 0.15) is 17.0 Å². The fraction of sp³-hybridized carbons (Fsp3) is 0.412. The minimum Gasteiger partial charge on any atom is -0.451 e. The van der Waals surface area contributed by atoms with Gasteiger partial charge in [0.05, 0.1) is 11.5 Å². The number of amides is 3. The van der Waals surface area contributed by atoms with Crippen LogP contribution in [0.15, 0.2) is 83.3 Å². The van der Waals surface area contributed by atoms with Crippen molar-refractivity contribution in [3.05, 3.63) is 94.4 Å². The van der Waals surface area contributed by atoms with Gasteiger partial charge in [0.2, 0.25) is 11.8 Å². The summed E-state index contributed by atoms with van der Waals surface area (Å²) in [6, 6.07) is 16.0. The zero-order chi connectivity index (χ0) is 33.5. The highest BCUT2D eigenvalue weighted by Crippen LogP contribution is 2.42. The predicted molar refractivity (Wildman–Crippen MR) is 176 cm³/mol. The Morgan fingerprint density at radius 1 is 1.02 bits per heavy atom. The number of carbonyl (C=O) groups is 4. The maximum atomic E-state index is 14.2. The standard InChI is InChI=1S/C34H37N3O8S2/c1-34(2,3)45-33(41)35-26-30(39)37-27(32(40)44-28(21-10-6-4-7-11-21)22-12-8-5-9-13-22)24(19-46-31(26)37)18-23-14-16-36(29(23)38)25-15-17-47(42,43)20-25/h4-13,18-19,25-28,31H,14-17,20H2,1-3H3,(H,35,41)/b23-18+/t25?,26-,27-,31-/m1/s1. The lowest BCUT2D eigenvalue weighted by atomic mass is 9.95. The molecule has 1 unspecified atom stereocenters. The molecular formula is C34H37N3O8S2. The Morgan fingerprint density at radius 3 is 2.23 bits per heavy atom. The SMILES string of the molecule is CC(C)(C)OC(=O)N[C@@H]1C(=O)N2[C@@H](C(=O)OC(c3ccccc3)c3ccccc3)C(/C=C3\CCN(C4CCS(=O)(=O)C4)C3=O)=CS[C@H]12. The summed E-state index contributed by atoms with van der Waals surface area (Å²) in [5, 5.41) is 3.75. The first-order valence-corrected chi connectivity index (χ1v) is 18.3. The number of benzene rings is 2. The molecule has 3 saturated heterocycles. The van der Waals surface area contributed by atoms with E-state index in [0.717, 1.165) is 11.1 Å². The van der Waals surface area contributed by atoms with Gasteiger partial charge in [-0.1, -0.05) is 60.7 Å². The number of hydrogen-bond acceptors (Lipinski definition) is 9. The van der Waals surface area contributed by atoms with Crippen LogP contribution in [0.1, 0.15) is 50.8 Å². The molecule has 4 aliphatic rings. The number of carbonyl (C=O) groups excluding carboxylic acids is 4. The molecule has 0 aliphatic carbocycles. The van der Waals surface area contributed by atoms with Gasteiger partial charge < -0.3 is 24.6 Å². The summed E-state index contributed by atoms with van der Waals surface area (Å²) in [5.74, 6) is -1.46. The number of sulfone groups is 1. The van der Waals surface area contributed by atoms with Crippen molar-refractivity contribution in [3.8, 4) is 0 Å². The molecule has 0 saturated carbocycles. The third-order valence-electron chi connectivity index (χ3n) is 8.50. The maximum absolute atomic E-state index is 14.2. The number of nitrogens with one attached hydrogen (secondary N) is 1. The van der Waals surface area contributed by atoms with Crippen LogP contribution in [0.25, 0.3) is 0 Å². The molecule has 13 heteroatoms. The van der Waals surface area contributed by atoms with E-state index in [9.17, 15) is 27.6 Å². The largest absolute Gasteiger partial charge is 0.451 e. The molecule has 3 fully saturated rings. The molecule has 47 heavy (non-hydrogen) atoms. The molecule has 11 nitrogen and oxygen atoms in total. The molecule has 0 aromatic heterocycles. The Bertz CT molecular complexity index is 1700. The van der Waals surface area contributed by atoms with E-state index in [1.54, 1.807) is 37.2 Å². The van der Waals surface area contributed by atoms with E-state index in [4.69, 9.17) is 9.47 Å². The lowest BCUT2D eigenvalue weighted by Crippen LogP contribution is -2.74. The van der Waals surface area contributed by atoms with E-state index in [1.807, 2.05) is 60.7 Å². The normalized spacial score (nSPS) is 26.1. The molecular weight excluding hydrogens is 643 g/mol. The monoisotopic (exact) mass is 679 g/mol. The van der Waals surface area contributed by atoms with Gasteiger partial charge in [0, 0.05) is 18.2 Å². The Labute approximate surface area is 278 Å². The zero-order valence-electron chi connectivity index (χ0n) is 26.3. The molecule has 4 atom stereocenters. The van der Waals surface area contributed by atoms with Crippen molar-refractivity contribution >= 4 is 45.5 Å². The van der Waals surface area contributed by atoms with E-state index < -0.39 is 57.0 Å². The minimum atomic E-state index is -3.19. The third-order valence-corrected chi connectivity index (χ3v) is 11.4. The predicted octanol–water partition coefficient (Wildman–Crippen LogP) is 3.73. The number of hydrogen-bond donors (Lipinski definition) is 1. The second-order valence-corrected chi connectivity index (χ2v) is 16.2. The summed E-state index contributed by atoms with van der Waals surface area (Å²) in [6.45, 7) is 5.53. The number of nitrogens with zero attached hydrogens (tertiary/aromatic N) is 2. The van der Waals surface area contributed by atoms with Gasteiger partial charge in [-0.25, -0.2) is 18.0 Å². The number of ether oxygens (including phenoxy) is 2. The molecule has 0 bridgehead atoms. The van der Waals surface area contributed by atoms with Crippen LogP contribution in [0.3, 0.4) is 0 Å². The highest BCUT2D eigenvalue weighted by molar-refractivity contribution is 8.03. The number of alkyl carbamates (subject to hydrolysis) is 1. The average molecular weight is 680 g/mol. The van der Waals surface area contributed by atoms with Crippen LogP contribution in [0.5, 0.6) is 0 Å². The van der Waals surface area contributed by atoms with Crippen molar-refractivity contribution in [2.45, 2.75) is 68.8 Å². The minimum absolute atomic E-state index is 0.0527. The lowest BCUT2D eigenvalue weighted by Gasteiger charge is -2.51. The van der Waals surface area contributed by atoms with E-state index in [0.29, 0.717) is 30.5 Å². The molecule has 3 amide bonds. The van der Waals surface area contributed by atoms with Crippen LogP contribution in [0.4, 0.5) is 4.79 Å². The summed E-state index contributed by atoms with van der Waals surface area (Å²) in [6.07, 6.45) is 0.877. The molecule has 4 aliphatic heterocycles. The molecule has 248 valence electrons. The van der Waals surface area contributed by atoms with E-state index >= 15 is 0 Å². The first kappa shape index (κ1) is 32.8. The number of fused-ring (bicyclic) bond motifs is 1. The van der Waals surface area contributed by atoms with Gasteiger partial charge in [0.15, 0.2) is 22.0 Å². The highest BCUT2D eigenvalue weighted by atomic mass is 32.2. The Hall–Kier alpha value is -4.10. The van der Waals surface area contributed by atoms with Crippen molar-refractivity contribution in [1.29, 1.82) is 0 Å². The number of thioether (sulfide) groups is 1. The van der Waals surface area contributed by atoms with Crippen molar-refractivity contribution in [1.82, 2.24) is 15.1 Å². The molecule has 0 radical (unpaired) electrons. The van der Waals surface area contributed by atoms with Gasteiger partial charge in [-0.3, -0.25) is 9.59 Å². The Morgan fingerprint density at radius 2 is 1.66 bits per heavy atom. The maximum Gasteiger partial charge on any atom is 0.408 e. The second-order valence-electron chi connectivity index (χ2n) is 13.0. The van der Waals surface area contributed by atoms with Crippen LogP contribution < -0.4 is 5.32 Å². The Balaban J connectivity index is 1.30. The molecule has 4 heterocycles. The molecule has 0 spiro atoms. The summed E-state index contributed by atoms with van der Waals surface area (Å²) in [7, 11) is -3.19. The van der Waals surface area contributed by atoms with Gasteiger partial charge >= 0.3 is 12.1 Å². The fourth-order valence-electron chi connectivity index (χ4n) is 6.31. The van der Waals surface area contributed by atoms with Crippen molar-refractivity contribution in [2.75, 3.05) is 18.1 Å². The van der Waals surface area contributed by atoms with Gasteiger partial charge in [-0.05, 0) is 61.8 Å². The van der Waals surface area contributed by atoms with Crippen molar-refractivity contribution < 1.29 is 37.1 Å². The van der Waals surface area contributed by atoms with E-state index in [2.05, 4.69) is 5.32 Å². The summed E-state index contributed by atoms with van der Waals surface area (Å²) in [5.41, 5.74) is 1.55. The average Bonchev–Trinajstić information content (AvgIpc) is 3.58. The van der Waals surface area contributed by atoms with Crippen LogP contribution in [0, 0.1) is 0 Å². The molecule has 2 aromatic rings. The summed E-state index contributed by atoms with van der Waals surface area (Å²) < 4.78 is 35.7. The fourth-order valence-corrected chi connectivity index (χ4v) is 9.23. The number of β-lactam (4-membered cyclic amide) rings is 1. The van der Waals surface area contributed by atoms with Crippen LogP contribution in [0.2, 0.25) is 0 Å². The molecule has 1 N–H and O–H groups in total. The van der Waals surface area contributed by atoms with Gasteiger partial charge in [0.25, 0.3) is 0 Å². The van der Waals surface area contributed by atoms with Crippen LogP contribution in [-0.2, 0) is 33.7 Å². The zero-order valence-corrected chi connectivity index (χ0v) is 28.0. The third kappa shape index (κ3) is 6.96. The van der Waals surface area contributed by atoms with Gasteiger partial charge in [-0.2, -0.15) is 0 Å². The quantitative estimate of drug-likeness (QED) is 0.264. The van der Waals surface area contributed by atoms with Crippen LogP contribution >= 0.6 is 11.8 Å². The Kier molecular flexibility index (Phi) is 8.96. The topological polar surface area (TPSA) is 139 Å². The highest BCUT2D eigenvalue weighted by Gasteiger charge is 2.56. The summed E-state index contributed by atoms with van der Waals surface area (Å²) in [4.78, 5) is 56.9. The van der Waals surface area contributed by atoms with Crippen LogP contribution in [-0.4, -0.2) is 89.2 Å².